The van der Waals surface area contributed by atoms with Gasteiger partial charge in [-0.3, -0.25) is 19.4 Å². The predicted molar refractivity (Wildman–Crippen MR) is 115 cm³/mol. The molecular formula is C21H16ClN3O5. The van der Waals surface area contributed by atoms with E-state index in [-0.39, 0.29) is 33.5 Å². The predicted octanol–water partition coefficient (Wildman–Crippen LogP) is 4.23. The number of fused-ring (bicyclic) bond motifs is 4. The highest BCUT2D eigenvalue weighted by molar-refractivity contribution is 6.32. The summed E-state index contributed by atoms with van der Waals surface area (Å²) in [7, 11) is 0. The van der Waals surface area contributed by atoms with Gasteiger partial charge in [0.05, 0.1) is 15.9 Å². The number of aromatic hydroxyl groups is 2. The second kappa shape index (κ2) is 6.17. The van der Waals surface area contributed by atoms with Gasteiger partial charge in [0.15, 0.2) is 11.2 Å². The number of hydrogen-bond donors (Lipinski definition) is 4. The first-order valence-electron chi connectivity index (χ1n) is 9.21. The van der Waals surface area contributed by atoms with Gasteiger partial charge in [0.25, 0.3) is 5.56 Å². The number of rotatable bonds is 2. The Morgan fingerprint density at radius 2 is 1.87 bits per heavy atom. The van der Waals surface area contributed by atoms with Crippen LogP contribution in [0.5, 0.6) is 11.5 Å². The van der Waals surface area contributed by atoms with Crippen molar-refractivity contribution in [2.45, 2.75) is 19.9 Å². The van der Waals surface area contributed by atoms with Crippen LogP contribution in [-0.2, 0) is 0 Å². The van der Waals surface area contributed by atoms with Crippen molar-refractivity contribution < 1.29 is 14.6 Å². The van der Waals surface area contributed by atoms with E-state index in [4.69, 9.17) is 16.0 Å². The Labute approximate surface area is 172 Å². The highest BCUT2D eigenvalue weighted by Crippen LogP contribution is 2.41. The van der Waals surface area contributed by atoms with Crippen LogP contribution >= 0.6 is 11.6 Å². The molecule has 0 atom stereocenters. The monoisotopic (exact) mass is 425 g/mol. The molecule has 0 aliphatic carbocycles. The molecule has 0 unspecified atom stereocenters. The summed E-state index contributed by atoms with van der Waals surface area (Å²) in [5.41, 5.74) is 1.41. The van der Waals surface area contributed by atoms with Crippen LogP contribution in [0.4, 0.5) is 0 Å². The van der Waals surface area contributed by atoms with Gasteiger partial charge in [0.2, 0.25) is 11.2 Å². The van der Waals surface area contributed by atoms with Crippen molar-refractivity contribution in [1.29, 1.82) is 0 Å². The molecule has 0 amide bonds. The van der Waals surface area contributed by atoms with Gasteiger partial charge in [-0.25, -0.2) is 0 Å². The number of furan rings is 1. The number of H-pyrrole nitrogens is 2. The molecule has 0 aliphatic rings. The Morgan fingerprint density at radius 1 is 1.10 bits per heavy atom. The fourth-order valence-electron chi connectivity index (χ4n) is 3.79. The summed E-state index contributed by atoms with van der Waals surface area (Å²) in [6, 6.07) is 7.34. The summed E-state index contributed by atoms with van der Waals surface area (Å²) in [5, 5.41) is 23.8. The SMILES string of the molecule is CC(C)n1[nH]c(=O)c2c(-c3ccc(O)c(Cl)c3)c3oc4c(O)c(=O)ccc4c3[nH]c21. The van der Waals surface area contributed by atoms with Gasteiger partial charge in [-0.15, -0.1) is 0 Å². The van der Waals surface area contributed by atoms with E-state index in [1.54, 1.807) is 16.8 Å². The zero-order chi connectivity index (χ0) is 21.3. The number of aromatic amines is 2. The topological polar surface area (TPSA) is 124 Å². The molecule has 0 saturated heterocycles. The van der Waals surface area contributed by atoms with Crippen LogP contribution in [0.2, 0.25) is 5.02 Å². The zero-order valence-corrected chi connectivity index (χ0v) is 16.7. The summed E-state index contributed by atoms with van der Waals surface area (Å²) in [4.78, 5) is 28.0. The van der Waals surface area contributed by atoms with E-state index in [2.05, 4.69) is 10.1 Å². The molecule has 0 radical (unpaired) electrons. The first-order chi connectivity index (χ1) is 14.3. The maximum absolute atomic E-state index is 12.9. The van der Waals surface area contributed by atoms with Crippen molar-refractivity contribution in [3.8, 4) is 22.6 Å². The van der Waals surface area contributed by atoms with E-state index in [0.717, 1.165) is 0 Å². The molecule has 5 aromatic rings. The second-order valence-corrected chi connectivity index (χ2v) is 7.80. The fraction of sp³-hybridized carbons (Fsp3) is 0.143. The molecule has 5 rings (SSSR count). The van der Waals surface area contributed by atoms with Crippen molar-refractivity contribution >= 4 is 44.7 Å². The van der Waals surface area contributed by atoms with Crippen molar-refractivity contribution in [2.24, 2.45) is 0 Å². The first-order valence-corrected chi connectivity index (χ1v) is 9.59. The highest BCUT2D eigenvalue weighted by Gasteiger charge is 2.24. The third kappa shape index (κ3) is 2.40. The Bertz CT molecular complexity index is 1600. The average molecular weight is 426 g/mol. The Hall–Kier alpha value is -3.65. The van der Waals surface area contributed by atoms with E-state index < -0.39 is 11.2 Å². The van der Waals surface area contributed by atoms with Gasteiger partial charge < -0.3 is 19.6 Å². The first kappa shape index (κ1) is 18.4. The lowest BCUT2D eigenvalue weighted by Crippen LogP contribution is -2.07. The lowest BCUT2D eigenvalue weighted by atomic mass is 10.0. The highest BCUT2D eigenvalue weighted by atomic mass is 35.5. The van der Waals surface area contributed by atoms with E-state index in [9.17, 15) is 19.8 Å². The fourth-order valence-corrected chi connectivity index (χ4v) is 3.97. The summed E-state index contributed by atoms with van der Waals surface area (Å²) in [6.07, 6.45) is 0. The molecule has 3 aromatic heterocycles. The van der Waals surface area contributed by atoms with Crippen LogP contribution in [0.25, 0.3) is 44.2 Å². The number of pyridine rings is 1. The van der Waals surface area contributed by atoms with Crippen LogP contribution in [0.3, 0.4) is 0 Å². The smallest absolute Gasteiger partial charge is 0.274 e. The van der Waals surface area contributed by atoms with Gasteiger partial charge in [-0.1, -0.05) is 17.7 Å². The van der Waals surface area contributed by atoms with E-state index >= 15 is 0 Å². The molecule has 152 valence electrons. The number of hydrogen-bond acceptors (Lipinski definition) is 5. The lowest BCUT2D eigenvalue weighted by Gasteiger charge is -2.10. The molecule has 9 heteroatoms. The molecule has 0 fully saturated rings. The number of halogens is 1. The standard InChI is InChI=1S/C21H16ClN3O5/c1-8(2)25-20-15(21(29)24-25)14(9-3-5-12(26)11(22)7-9)19-16(23-20)10-4-6-13(27)17(28)18(10)30-19/h3-8,23,26,28H,1-2H3,(H,24,29). The third-order valence-corrected chi connectivity index (χ3v) is 5.50. The van der Waals surface area contributed by atoms with E-state index in [1.165, 1.54) is 18.2 Å². The zero-order valence-electron chi connectivity index (χ0n) is 15.9. The van der Waals surface area contributed by atoms with Crippen LogP contribution in [0.15, 0.2) is 44.3 Å². The number of nitrogens with zero attached hydrogens (tertiary/aromatic N) is 1. The molecule has 0 saturated carbocycles. The Kier molecular flexibility index (Phi) is 3.78. The molecule has 2 aromatic carbocycles. The number of aromatic nitrogens is 3. The summed E-state index contributed by atoms with van der Waals surface area (Å²) in [6.45, 7) is 3.85. The quantitative estimate of drug-likeness (QED) is 0.337. The van der Waals surface area contributed by atoms with Crippen LogP contribution in [0.1, 0.15) is 19.9 Å². The van der Waals surface area contributed by atoms with Crippen LogP contribution in [0, 0.1) is 0 Å². The minimum atomic E-state index is -0.565. The summed E-state index contributed by atoms with van der Waals surface area (Å²) >= 11 is 6.13. The van der Waals surface area contributed by atoms with Gasteiger partial charge in [-0.05, 0) is 43.7 Å². The van der Waals surface area contributed by atoms with Crippen molar-refractivity contribution in [2.75, 3.05) is 0 Å². The molecule has 30 heavy (non-hydrogen) atoms. The second-order valence-electron chi connectivity index (χ2n) is 7.39. The van der Waals surface area contributed by atoms with Crippen LogP contribution in [-0.4, -0.2) is 25.0 Å². The van der Waals surface area contributed by atoms with E-state index in [0.29, 0.717) is 33.1 Å². The lowest BCUT2D eigenvalue weighted by molar-refractivity contribution is 0.464. The average Bonchev–Trinajstić information content (AvgIpc) is 3.24. The maximum Gasteiger partial charge on any atom is 0.274 e. The molecule has 0 aliphatic heterocycles. The molecular weight excluding hydrogens is 410 g/mol. The van der Waals surface area contributed by atoms with E-state index in [1.807, 2.05) is 13.8 Å². The number of phenolic OH excluding ortho intramolecular Hbond substituents is 2. The van der Waals surface area contributed by atoms with Crippen molar-refractivity contribution in [1.82, 2.24) is 14.8 Å². The van der Waals surface area contributed by atoms with Crippen LogP contribution < -0.4 is 11.0 Å². The maximum atomic E-state index is 12.9. The molecule has 0 spiro atoms. The third-order valence-electron chi connectivity index (χ3n) is 5.19. The Balaban J connectivity index is 2.07. The van der Waals surface area contributed by atoms with Gasteiger partial charge in [0, 0.05) is 17.0 Å². The molecule has 3 heterocycles. The van der Waals surface area contributed by atoms with Crippen molar-refractivity contribution in [3.63, 3.8) is 0 Å². The van der Waals surface area contributed by atoms with Crippen molar-refractivity contribution in [3.05, 3.63) is 55.9 Å². The number of nitrogens with one attached hydrogen (secondary N) is 2. The number of benzene rings is 2. The molecule has 0 bridgehead atoms. The largest absolute Gasteiger partial charge is 0.506 e. The Morgan fingerprint density at radius 3 is 2.57 bits per heavy atom. The molecule has 8 nitrogen and oxygen atoms in total. The minimum absolute atomic E-state index is 0.0278. The molecule has 4 N–H and O–H groups in total. The number of phenols is 2. The summed E-state index contributed by atoms with van der Waals surface area (Å²) < 4.78 is 7.60. The minimum Gasteiger partial charge on any atom is -0.506 e. The van der Waals surface area contributed by atoms with Gasteiger partial charge >= 0.3 is 0 Å². The summed E-state index contributed by atoms with van der Waals surface area (Å²) in [5.74, 6) is -0.598. The normalized spacial score (nSPS) is 12.0. The van der Waals surface area contributed by atoms with Gasteiger partial charge in [-0.2, -0.15) is 0 Å². The van der Waals surface area contributed by atoms with Gasteiger partial charge in [0.1, 0.15) is 11.4 Å².